The maximum absolute atomic E-state index is 12.6. The molecule has 5 nitrogen and oxygen atoms in total. The van der Waals surface area contributed by atoms with Crippen molar-refractivity contribution in [3.8, 4) is 0 Å². The van der Waals surface area contributed by atoms with E-state index in [9.17, 15) is 27.9 Å². The van der Waals surface area contributed by atoms with Gasteiger partial charge in [-0.2, -0.15) is 13.2 Å². The van der Waals surface area contributed by atoms with Crippen molar-refractivity contribution in [2.24, 2.45) is 11.8 Å². The Bertz CT molecular complexity index is 424. The Kier molecular flexibility index (Phi) is 4.99. The largest absolute Gasteiger partial charge is 0.479 e. The molecule has 0 spiro atoms. The Morgan fingerprint density at radius 3 is 2.32 bits per heavy atom. The number of nitrogens with one attached hydrogen (secondary N) is 1. The third-order valence-electron chi connectivity index (χ3n) is 4.59. The number of carbonyl (C=O) groups is 2. The Balaban J connectivity index is 1.82. The highest BCUT2D eigenvalue weighted by atomic mass is 19.4. The minimum Gasteiger partial charge on any atom is -0.479 e. The van der Waals surface area contributed by atoms with E-state index in [1.54, 1.807) is 0 Å². The number of amides is 1. The Morgan fingerprint density at radius 2 is 1.86 bits per heavy atom. The highest BCUT2D eigenvalue weighted by molar-refractivity contribution is 5.87. The van der Waals surface area contributed by atoms with Crippen molar-refractivity contribution in [3.05, 3.63) is 0 Å². The van der Waals surface area contributed by atoms with Gasteiger partial charge >= 0.3 is 12.1 Å². The van der Waals surface area contributed by atoms with Gasteiger partial charge < -0.3 is 15.2 Å². The van der Waals surface area contributed by atoms with Gasteiger partial charge in [0, 0.05) is 19.4 Å². The van der Waals surface area contributed by atoms with Gasteiger partial charge in [0.2, 0.25) is 5.91 Å². The standard InChI is InChI=1S/C14H20F3NO4/c15-14(16,17)10-3-1-9(2-4-10)7-11(19)18-13(12(20)21)5-6-22-8-13/h9-10H,1-8H2,(H,18,19)(H,20,21). The van der Waals surface area contributed by atoms with E-state index in [0.717, 1.165) is 0 Å². The predicted octanol–water partition coefficient (Wildman–Crippen LogP) is 2.11. The molecule has 1 saturated heterocycles. The number of carboxylic acids is 1. The predicted molar refractivity (Wildman–Crippen MR) is 70.1 cm³/mol. The van der Waals surface area contributed by atoms with Crippen LogP contribution in [0.2, 0.25) is 0 Å². The molecule has 2 N–H and O–H groups in total. The lowest BCUT2D eigenvalue weighted by Gasteiger charge is -2.30. The number of aliphatic carboxylic acids is 1. The summed E-state index contributed by atoms with van der Waals surface area (Å²) >= 11 is 0. The van der Waals surface area contributed by atoms with Crippen molar-refractivity contribution in [1.29, 1.82) is 0 Å². The number of carbonyl (C=O) groups excluding carboxylic acids is 1. The summed E-state index contributed by atoms with van der Waals surface area (Å²) in [6.07, 6.45) is -3.14. The number of ether oxygens (including phenoxy) is 1. The third-order valence-corrected chi connectivity index (χ3v) is 4.59. The zero-order chi connectivity index (χ0) is 16.4. The van der Waals surface area contributed by atoms with Crippen molar-refractivity contribution in [1.82, 2.24) is 5.32 Å². The molecule has 0 aromatic carbocycles. The smallest absolute Gasteiger partial charge is 0.391 e. The fourth-order valence-corrected chi connectivity index (χ4v) is 3.16. The van der Waals surface area contributed by atoms with Crippen molar-refractivity contribution in [2.75, 3.05) is 13.2 Å². The summed E-state index contributed by atoms with van der Waals surface area (Å²) in [4.78, 5) is 23.3. The van der Waals surface area contributed by atoms with Crippen LogP contribution in [0.5, 0.6) is 0 Å². The normalized spacial score (nSPS) is 32.7. The maximum atomic E-state index is 12.6. The van der Waals surface area contributed by atoms with Gasteiger partial charge in [0.15, 0.2) is 5.54 Å². The summed E-state index contributed by atoms with van der Waals surface area (Å²) in [5.41, 5.74) is -1.39. The molecule has 1 saturated carbocycles. The van der Waals surface area contributed by atoms with Crippen molar-refractivity contribution in [2.45, 2.75) is 50.2 Å². The van der Waals surface area contributed by atoms with Gasteiger partial charge in [0.25, 0.3) is 0 Å². The lowest BCUT2D eigenvalue weighted by Crippen LogP contribution is -2.55. The second-order valence-electron chi connectivity index (χ2n) is 6.20. The SMILES string of the molecule is O=C(CC1CCC(C(F)(F)F)CC1)NC1(C(=O)O)CCOC1. The molecule has 2 fully saturated rings. The lowest BCUT2D eigenvalue weighted by molar-refractivity contribution is -0.184. The maximum Gasteiger partial charge on any atom is 0.391 e. The second-order valence-corrected chi connectivity index (χ2v) is 6.20. The fraction of sp³-hybridized carbons (Fsp3) is 0.857. The van der Waals surface area contributed by atoms with E-state index < -0.39 is 29.5 Å². The van der Waals surface area contributed by atoms with Crippen LogP contribution < -0.4 is 5.32 Å². The number of hydrogen-bond acceptors (Lipinski definition) is 3. The number of halogens is 3. The molecule has 1 aliphatic heterocycles. The zero-order valence-electron chi connectivity index (χ0n) is 12.1. The van der Waals surface area contributed by atoms with E-state index in [2.05, 4.69) is 5.32 Å². The topological polar surface area (TPSA) is 75.6 Å². The van der Waals surface area contributed by atoms with E-state index in [4.69, 9.17) is 4.74 Å². The van der Waals surface area contributed by atoms with Crippen LogP contribution in [0.4, 0.5) is 13.2 Å². The summed E-state index contributed by atoms with van der Waals surface area (Å²) in [6.45, 7) is 0.193. The first-order chi connectivity index (χ1) is 10.2. The van der Waals surface area contributed by atoms with E-state index in [-0.39, 0.29) is 44.8 Å². The van der Waals surface area contributed by atoms with Crippen LogP contribution in [0.25, 0.3) is 0 Å². The second kappa shape index (κ2) is 6.44. The van der Waals surface area contributed by atoms with Crippen LogP contribution in [-0.2, 0) is 14.3 Å². The molecule has 0 aromatic heterocycles. The summed E-state index contributed by atoms with van der Waals surface area (Å²) in [5, 5.41) is 11.7. The molecule has 126 valence electrons. The minimum atomic E-state index is -4.16. The van der Waals surface area contributed by atoms with Crippen LogP contribution in [0, 0.1) is 11.8 Å². The fourth-order valence-electron chi connectivity index (χ4n) is 3.16. The highest BCUT2D eigenvalue weighted by Crippen LogP contribution is 2.40. The van der Waals surface area contributed by atoms with Crippen molar-refractivity contribution in [3.63, 3.8) is 0 Å². The van der Waals surface area contributed by atoms with Crippen molar-refractivity contribution < 1.29 is 32.6 Å². The molecule has 0 bridgehead atoms. The van der Waals surface area contributed by atoms with E-state index in [1.165, 1.54) is 0 Å². The van der Waals surface area contributed by atoms with Gasteiger partial charge in [0.1, 0.15) is 0 Å². The molecule has 2 rings (SSSR count). The van der Waals surface area contributed by atoms with E-state index in [1.807, 2.05) is 0 Å². The third kappa shape index (κ3) is 3.91. The number of alkyl halides is 3. The molecule has 1 aliphatic carbocycles. The van der Waals surface area contributed by atoms with Crippen LogP contribution in [0.3, 0.4) is 0 Å². The quantitative estimate of drug-likeness (QED) is 0.831. The number of rotatable bonds is 4. The van der Waals surface area contributed by atoms with Gasteiger partial charge in [-0.3, -0.25) is 4.79 Å². The summed E-state index contributed by atoms with van der Waals surface area (Å²) in [6, 6.07) is 0. The molecule has 0 radical (unpaired) electrons. The minimum absolute atomic E-state index is 0.0363. The number of carboxylic acid groups (broad SMARTS) is 1. The van der Waals surface area contributed by atoms with E-state index in [0.29, 0.717) is 12.8 Å². The Labute approximate surface area is 126 Å². The molecule has 8 heteroatoms. The van der Waals surface area contributed by atoms with E-state index >= 15 is 0 Å². The molecule has 2 aliphatic rings. The highest BCUT2D eigenvalue weighted by Gasteiger charge is 2.45. The zero-order valence-corrected chi connectivity index (χ0v) is 12.1. The summed E-state index contributed by atoms with van der Waals surface area (Å²) < 4.78 is 42.8. The lowest BCUT2D eigenvalue weighted by atomic mass is 9.80. The average molecular weight is 323 g/mol. The van der Waals surface area contributed by atoms with Gasteiger partial charge in [0.05, 0.1) is 12.5 Å². The molecule has 1 atom stereocenters. The molecular formula is C14H20F3NO4. The van der Waals surface area contributed by atoms with Gasteiger partial charge in [-0.1, -0.05) is 0 Å². The van der Waals surface area contributed by atoms with Crippen LogP contribution in [-0.4, -0.2) is 41.9 Å². The number of hydrogen-bond donors (Lipinski definition) is 2. The molecule has 0 aromatic rings. The first kappa shape index (κ1) is 17.1. The molecule has 1 amide bonds. The monoisotopic (exact) mass is 323 g/mol. The van der Waals surface area contributed by atoms with Gasteiger partial charge in [-0.25, -0.2) is 4.79 Å². The molecule has 22 heavy (non-hydrogen) atoms. The van der Waals surface area contributed by atoms with Crippen LogP contribution in [0.15, 0.2) is 0 Å². The molecule has 1 heterocycles. The molecular weight excluding hydrogens is 303 g/mol. The Morgan fingerprint density at radius 1 is 1.23 bits per heavy atom. The molecule has 1 unspecified atom stereocenters. The first-order valence-electron chi connectivity index (χ1n) is 7.42. The summed E-state index contributed by atoms with van der Waals surface area (Å²) in [7, 11) is 0. The average Bonchev–Trinajstić information content (AvgIpc) is 2.88. The first-order valence-corrected chi connectivity index (χ1v) is 7.42. The van der Waals surface area contributed by atoms with Crippen LogP contribution in [0.1, 0.15) is 38.5 Å². The Hall–Kier alpha value is -1.31. The van der Waals surface area contributed by atoms with Gasteiger partial charge in [-0.15, -0.1) is 0 Å². The summed E-state index contributed by atoms with van der Waals surface area (Å²) in [5.74, 6) is -2.96. The van der Waals surface area contributed by atoms with Crippen molar-refractivity contribution >= 4 is 11.9 Å². The van der Waals surface area contributed by atoms with Crippen LogP contribution >= 0.6 is 0 Å². The van der Waals surface area contributed by atoms with Gasteiger partial charge in [-0.05, 0) is 31.6 Å².